The summed E-state index contributed by atoms with van der Waals surface area (Å²) in [4.78, 5) is 21.8. The monoisotopic (exact) mass is 204 g/mol. The second-order valence-electron chi connectivity index (χ2n) is 3.34. The molecule has 4 heteroatoms. The second kappa shape index (κ2) is 2.95. The summed E-state index contributed by atoms with van der Waals surface area (Å²) in [6, 6.07) is 8.65. The van der Waals surface area contributed by atoms with Crippen LogP contribution in [0.3, 0.4) is 0 Å². The summed E-state index contributed by atoms with van der Waals surface area (Å²) in [5, 5.41) is 17.7. The third kappa shape index (κ3) is 1.22. The van der Waals surface area contributed by atoms with Crippen LogP contribution >= 0.6 is 0 Å². The van der Waals surface area contributed by atoms with E-state index in [9.17, 15) is 9.59 Å². The highest BCUT2D eigenvalue weighted by Crippen LogP contribution is 2.51. The fourth-order valence-electron chi connectivity index (χ4n) is 1.55. The van der Waals surface area contributed by atoms with Gasteiger partial charge in [0, 0.05) is 0 Å². The molecule has 0 unspecified atom stereocenters. The maximum Gasteiger partial charge on any atom is 0.329 e. The van der Waals surface area contributed by atoms with E-state index in [1.807, 2.05) is 0 Å². The van der Waals surface area contributed by atoms with E-state index < -0.39 is 17.4 Å². The zero-order valence-electron chi connectivity index (χ0n) is 7.68. The molecule has 0 aliphatic heterocycles. The van der Waals surface area contributed by atoms with E-state index in [1.165, 1.54) is 6.08 Å². The van der Waals surface area contributed by atoms with Crippen molar-refractivity contribution in [1.82, 2.24) is 0 Å². The number of hydrogen-bond donors (Lipinski definition) is 2. The molecule has 0 aromatic heterocycles. The van der Waals surface area contributed by atoms with E-state index >= 15 is 0 Å². The van der Waals surface area contributed by atoms with E-state index in [0.717, 1.165) is 0 Å². The molecule has 0 radical (unpaired) electrons. The third-order valence-electron chi connectivity index (χ3n) is 2.46. The van der Waals surface area contributed by atoms with Crippen molar-refractivity contribution in [2.24, 2.45) is 5.41 Å². The first kappa shape index (κ1) is 9.45. The number of carboxylic acids is 2. The summed E-state index contributed by atoms with van der Waals surface area (Å²) in [5.74, 6) is -2.68. The van der Waals surface area contributed by atoms with E-state index in [0.29, 0.717) is 11.1 Å². The fourth-order valence-corrected chi connectivity index (χ4v) is 1.55. The molecule has 1 aliphatic rings. The van der Waals surface area contributed by atoms with Gasteiger partial charge in [-0.15, -0.1) is 0 Å². The van der Waals surface area contributed by atoms with Crippen LogP contribution in [0.15, 0.2) is 36.4 Å². The van der Waals surface area contributed by atoms with Gasteiger partial charge in [0.2, 0.25) is 5.41 Å². The molecular formula is C11H8O4. The molecule has 0 atom stereocenters. The molecule has 0 saturated heterocycles. The highest BCUT2D eigenvalue weighted by molar-refractivity contribution is 6.21. The minimum Gasteiger partial charge on any atom is -0.480 e. The molecule has 15 heavy (non-hydrogen) atoms. The molecule has 0 amide bonds. The maximum atomic E-state index is 10.9. The van der Waals surface area contributed by atoms with Gasteiger partial charge >= 0.3 is 11.9 Å². The van der Waals surface area contributed by atoms with Crippen molar-refractivity contribution >= 4 is 17.5 Å². The van der Waals surface area contributed by atoms with Gasteiger partial charge in [0.05, 0.1) is 0 Å². The summed E-state index contributed by atoms with van der Waals surface area (Å²) in [5.41, 5.74) is -0.813. The maximum absolute atomic E-state index is 10.9. The molecule has 76 valence electrons. The van der Waals surface area contributed by atoms with Gasteiger partial charge in [-0.1, -0.05) is 30.3 Å². The van der Waals surface area contributed by atoms with E-state index in [4.69, 9.17) is 10.2 Å². The van der Waals surface area contributed by atoms with Gasteiger partial charge in [-0.25, -0.2) is 0 Å². The number of carboxylic acid groups (broad SMARTS) is 2. The molecule has 2 rings (SSSR count). The number of benzene rings is 1. The van der Waals surface area contributed by atoms with E-state index in [2.05, 4.69) is 0 Å². The number of aliphatic carboxylic acids is 2. The highest BCUT2D eigenvalue weighted by Gasteiger charge is 2.58. The standard InChI is InChI=1S/C11H8O4/c12-9(13)11(10(14)15)6-8(11)7-4-2-1-3-5-7/h1-6H,(H,12,13)(H,14,15). The Hall–Kier alpha value is -2.10. The van der Waals surface area contributed by atoms with Crippen LogP contribution in [-0.4, -0.2) is 22.2 Å². The van der Waals surface area contributed by atoms with Gasteiger partial charge in [0.1, 0.15) is 0 Å². The van der Waals surface area contributed by atoms with Crippen molar-refractivity contribution in [2.75, 3.05) is 0 Å². The van der Waals surface area contributed by atoms with Gasteiger partial charge in [-0.2, -0.15) is 0 Å². The normalized spacial score (nSPS) is 16.7. The number of hydrogen-bond acceptors (Lipinski definition) is 2. The molecule has 0 fully saturated rings. The zero-order valence-corrected chi connectivity index (χ0v) is 7.68. The Bertz CT molecular complexity index is 445. The van der Waals surface area contributed by atoms with Crippen LogP contribution in [-0.2, 0) is 9.59 Å². The lowest BCUT2D eigenvalue weighted by atomic mass is 9.97. The summed E-state index contributed by atoms with van der Waals surface area (Å²) < 4.78 is 0. The number of rotatable bonds is 3. The van der Waals surface area contributed by atoms with Crippen LogP contribution in [0.25, 0.3) is 5.57 Å². The van der Waals surface area contributed by atoms with Crippen molar-refractivity contribution in [3.8, 4) is 0 Å². The molecule has 1 aromatic rings. The smallest absolute Gasteiger partial charge is 0.329 e. The van der Waals surface area contributed by atoms with Crippen LogP contribution in [0.1, 0.15) is 5.56 Å². The third-order valence-corrected chi connectivity index (χ3v) is 2.46. The molecule has 0 saturated carbocycles. The van der Waals surface area contributed by atoms with Gasteiger partial charge in [-0.3, -0.25) is 9.59 Å². The van der Waals surface area contributed by atoms with Crippen LogP contribution in [0.5, 0.6) is 0 Å². The quantitative estimate of drug-likeness (QED) is 0.726. The van der Waals surface area contributed by atoms with Crippen LogP contribution in [0.4, 0.5) is 0 Å². The molecule has 0 heterocycles. The summed E-state index contributed by atoms with van der Waals surface area (Å²) in [6.07, 6.45) is 1.26. The first-order valence-corrected chi connectivity index (χ1v) is 4.34. The second-order valence-corrected chi connectivity index (χ2v) is 3.34. The van der Waals surface area contributed by atoms with Gasteiger partial charge < -0.3 is 10.2 Å². The molecule has 0 bridgehead atoms. The summed E-state index contributed by atoms with van der Waals surface area (Å²) >= 11 is 0. The Morgan fingerprint density at radius 3 is 1.93 bits per heavy atom. The molecule has 1 aliphatic carbocycles. The lowest BCUT2D eigenvalue weighted by Crippen LogP contribution is -2.28. The first-order chi connectivity index (χ1) is 7.09. The largest absolute Gasteiger partial charge is 0.480 e. The minimum atomic E-state index is -1.80. The lowest BCUT2D eigenvalue weighted by molar-refractivity contribution is -0.154. The summed E-state index contributed by atoms with van der Waals surface area (Å²) in [7, 11) is 0. The Balaban J connectivity index is 2.35. The van der Waals surface area contributed by atoms with Crippen molar-refractivity contribution in [1.29, 1.82) is 0 Å². The summed E-state index contributed by atoms with van der Waals surface area (Å²) in [6.45, 7) is 0. The molecular weight excluding hydrogens is 196 g/mol. The highest BCUT2D eigenvalue weighted by atomic mass is 16.4. The van der Waals surface area contributed by atoms with Crippen LogP contribution in [0.2, 0.25) is 0 Å². The zero-order chi connectivity index (χ0) is 11.1. The molecule has 4 nitrogen and oxygen atoms in total. The van der Waals surface area contributed by atoms with E-state index in [-0.39, 0.29) is 0 Å². The SMILES string of the molecule is O=C(O)C1(C(=O)O)C=C1c1ccccc1. The predicted molar refractivity (Wildman–Crippen MR) is 52.1 cm³/mol. The van der Waals surface area contributed by atoms with Gasteiger partial charge in [0.15, 0.2) is 0 Å². The molecule has 2 N–H and O–H groups in total. The van der Waals surface area contributed by atoms with Crippen molar-refractivity contribution in [3.63, 3.8) is 0 Å². The van der Waals surface area contributed by atoms with Crippen molar-refractivity contribution in [2.45, 2.75) is 0 Å². The van der Waals surface area contributed by atoms with E-state index in [1.54, 1.807) is 30.3 Å². The Morgan fingerprint density at radius 1 is 1.00 bits per heavy atom. The van der Waals surface area contributed by atoms with Crippen molar-refractivity contribution < 1.29 is 19.8 Å². The fraction of sp³-hybridized carbons (Fsp3) is 0.0909. The Morgan fingerprint density at radius 2 is 1.53 bits per heavy atom. The van der Waals surface area contributed by atoms with Gasteiger partial charge in [-0.05, 0) is 17.2 Å². The Kier molecular flexibility index (Phi) is 1.86. The molecule has 0 spiro atoms. The molecule has 1 aromatic carbocycles. The minimum absolute atomic E-state index is 0.350. The lowest BCUT2D eigenvalue weighted by Gasteiger charge is -2.07. The number of carbonyl (C=O) groups is 2. The predicted octanol–water partition coefficient (Wildman–Crippen LogP) is 1.24. The average Bonchev–Trinajstić information content (AvgIpc) is 2.95. The Labute approximate surface area is 85.5 Å². The van der Waals surface area contributed by atoms with Crippen LogP contribution in [0, 0.1) is 5.41 Å². The van der Waals surface area contributed by atoms with Crippen molar-refractivity contribution in [3.05, 3.63) is 42.0 Å². The first-order valence-electron chi connectivity index (χ1n) is 4.34. The van der Waals surface area contributed by atoms with Crippen LogP contribution < -0.4 is 0 Å². The topological polar surface area (TPSA) is 74.6 Å². The average molecular weight is 204 g/mol. The van der Waals surface area contributed by atoms with Gasteiger partial charge in [0.25, 0.3) is 0 Å².